The number of anilines is 1. The zero-order valence-electron chi connectivity index (χ0n) is 14.7. The van der Waals surface area contributed by atoms with Crippen LogP contribution in [0.4, 0.5) is 5.69 Å². The smallest absolute Gasteiger partial charge is 0.253 e. The maximum atomic E-state index is 12.2. The van der Waals surface area contributed by atoms with Crippen molar-refractivity contribution in [2.24, 2.45) is 5.92 Å². The van der Waals surface area contributed by atoms with Crippen molar-refractivity contribution in [2.75, 3.05) is 39.0 Å². The first kappa shape index (κ1) is 19.6. The molecule has 0 spiro atoms. The first-order chi connectivity index (χ1) is 11.3. The quantitative estimate of drug-likeness (QED) is 0.652. The normalized spacial score (nSPS) is 10.6. The molecule has 132 valence electrons. The summed E-state index contributed by atoms with van der Waals surface area (Å²) in [6.45, 7) is 4.76. The van der Waals surface area contributed by atoms with Gasteiger partial charge in [-0.15, -0.1) is 0 Å². The summed E-state index contributed by atoms with van der Waals surface area (Å²) < 4.78 is 0. The predicted octanol–water partition coefficient (Wildman–Crippen LogP) is 0.689. The van der Waals surface area contributed by atoms with Gasteiger partial charge >= 0.3 is 0 Å². The molecule has 0 radical (unpaired) electrons. The summed E-state index contributed by atoms with van der Waals surface area (Å²) in [5, 5.41) is 8.06. The molecule has 1 aromatic carbocycles. The molecule has 0 saturated heterocycles. The molecule has 0 aromatic heterocycles. The van der Waals surface area contributed by atoms with Gasteiger partial charge in [0.15, 0.2) is 0 Å². The molecule has 0 atom stereocenters. The van der Waals surface area contributed by atoms with Gasteiger partial charge in [0.25, 0.3) is 5.91 Å². The Kier molecular flexibility index (Phi) is 7.91. The molecule has 24 heavy (non-hydrogen) atoms. The van der Waals surface area contributed by atoms with Crippen LogP contribution < -0.4 is 16.0 Å². The van der Waals surface area contributed by atoms with Gasteiger partial charge in [0.1, 0.15) is 0 Å². The highest BCUT2D eigenvalue weighted by atomic mass is 16.2. The Bertz CT molecular complexity index is 587. The van der Waals surface area contributed by atoms with Gasteiger partial charge in [-0.05, 0) is 25.1 Å². The van der Waals surface area contributed by atoms with Crippen LogP contribution in [-0.4, -0.2) is 56.4 Å². The van der Waals surface area contributed by atoms with E-state index in [0.717, 1.165) is 0 Å². The lowest BCUT2D eigenvalue weighted by Gasteiger charge is -2.16. The molecule has 0 fully saturated rings. The van der Waals surface area contributed by atoms with E-state index in [4.69, 9.17) is 0 Å². The fourth-order valence-electron chi connectivity index (χ4n) is 2.00. The molecule has 0 aliphatic rings. The molecular weight excluding hydrogens is 308 g/mol. The van der Waals surface area contributed by atoms with E-state index in [1.165, 1.54) is 0 Å². The van der Waals surface area contributed by atoms with Gasteiger partial charge < -0.3 is 16.0 Å². The van der Waals surface area contributed by atoms with Crippen LogP contribution in [0, 0.1) is 5.92 Å². The number of benzene rings is 1. The van der Waals surface area contributed by atoms with Gasteiger partial charge in [0.2, 0.25) is 11.8 Å². The number of rotatable bonds is 8. The fourth-order valence-corrected chi connectivity index (χ4v) is 2.00. The Labute approximate surface area is 142 Å². The third-order valence-corrected chi connectivity index (χ3v) is 3.22. The van der Waals surface area contributed by atoms with Crippen molar-refractivity contribution in [2.45, 2.75) is 13.8 Å². The molecule has 7 nitrogen and oxygen atoms in total. The Morgan fingerprint density at radius 1 is 1.08 bits per heavy atom. The van der Waals surface area contributed by atoms with Gasteiger partial charge in [0.05, 0.1) is 24.3 Å². The van der Waals surface area contributed by atoms with Crippen LogP contribution in [0.25, 0.3) is 0 Å². The lowest BCUT2D eigenvalue weighted by molar-refractivity contribution is -0.122. The second kappa shape index (κ2) is 9.67. The zero-order valence-corrected chi connectivity index (χ0v) is 14.7. The number of hydrogen-bond donors (Lipinski definition) is 3. The topological polar surface area (TPSA) is 90.5 Å². The van der Waals surface area contributed by atoms with Crippen molar-refractivity contribution in [1.82, 2.24) is 15.5 Å². The Hall–Kier alpha value is -2.41. The van der Waals surface area contributed by atoms with Crippen LogP contribution in [0.5, 0.6) is 0 Å². The van der Waals surface area contributed by atoms with Gasteiger partial charge in [-0.25, -0.2) is 0 Å². The summed E-state index contributed by atoms with van der Waals surface area (Å²) in [4.78, 5) is 37.2. The molecule has 1 aromatic rings. The zero-order chi connectivity index (χ0) is 18.1. The second-order valence-corrected chi connectivity index (χ2v) is 6.04. The van der Waals surface area contributed by atoms with Crippen molar-refractivity contribution < 1.29 is 14.4 Å². The fraction of sp³-hybridized carbons (Fsp3) is 0.471. The minimum absolute atomic E-state index is 0.0510. The summed E-state index contributed by atoms with van der Waals surface area (Å²) >= 11 is 0. The number of amides is 3. The summed E-state index contributed by atoms with van der Waals surface area (Å²) in [7, 11) is 3.22. The summed E-state index contributed by atoms with van der Waals surface area (Å²) in [6.07, 6.45) is 0. The number of nitrogens with one attached hydrogen (secondary N) is 3. The summed E-state index contributed by atoms with van der Waals surface area (Å²) in [5.74, 6) is -0.336. The lowest BCUT2D eigenvalue weighted by atomic mass is 10.1. The number of hydrogen-bond acceptors (Lipinski definition) is 4. The molecule has 0 aliphatic carbocycles. The maximum Gasteiger partial charge on any atom is 0.253 e. The van der Waals surface area contributed by atoms with Crippen LogP contribution >= 0.6 is 0 Å². The van der Waals surface area contributed by atoms with Crippen molar-refractivity contribution in [3.05, 3.63) is 29.8 Å². The van der Waals surface area contributed by atoms with Crippen LogP contribution in [0.2, 0.25) is 0 Å². The minimum Gasteiger partial charge on any atom is -0.358 e. The van der Waals surface area contributed by atoms with E-state index >= 15 is 0 Å². The van der Waals surface area contributed by atoms with Gasteiger partial charge in [-0.3, -0.25) is 19.3 Å². The number of likely N-dealkylation sites (N-methyl/N-ethyl adjacent to an activating group) is 2. The highest BCUT2D eigenvalue weighted by molar-refractivity contribution is 6.04. The molecule has 0 bridgehead atoms. The molecule has 0 heterocycles. The van der Waals surface area contributed by atoms with E-state index in [0.29, 0.717) is 23.7 Å². The number of carbonyl (C=O) groups excluding carboxylic acids is 3. The minimum atomic E-state index is -0.287. The molecule has 1 rings (SSSR count). The van der Waals surface area contributed by atoms with Crippen molar-refractivity contribution >= 4 is 23.4 Å². The first-order valence-corrected chi connectivity index (χ1v) is 7.89. The average molecular weight is 334 g/mol. The van der Waals surface area contributed by atoms with Crippen LogP contribution in [0.1, 0.15) is 24.2 Å². The van der Waals surface area contributed by atoms with Crippen molar-refractivity contribution in [3.8, 4) is 0 Å². The Balaban J connectivity index is 2.68. The number of carbonyl (C=O) groups is 3. The molecule has 3 N–H and O–H groups in total. The van der Waals surface area contributed by atoms with Gasteiger partial charge in [0, 0.05) is 13.6 Å². The highest BCUT2D eigenvalue weighted by Crippen LogP contribution is 2.15. The number of para-hydroxylation sites is 1. The largest absolute Gasteiger partial charge is 0.358 e. The molecular formula is C17H26N4O3. The molecule has 3 amide bonds. The second-order valence-electron chi connectivity index (χ2n) is 6.04. The molecule has 0 aliphatic heterocycles. The van der Waals surface area contributed by atoms with Crippen molar-refractivity contribution in [1.29, 1.82) is 0 Å². The predicted molar refractivity (Wildman–Crippen MR) is 93.8 cm³/mol. The Morgan fingerprint density at radius 3 is 2.33 bits per heavy atom. The summed E-state index contributed by atoms with van der Waals surface area (Å²) in [6, 6.07) is 6.85. The van der Waals surface area contributed by atoms with E-state index < -0.39 is 0 Å². The highest BCUT2D eigenvalue weighted by Gasteiger charge is 2.15. The molecule has 0 unspecified atom stereocenters. The SMILES string of the molecule is CNC(=O)CN(C)CC(=O)Nc1ccccc1C(=O)NCC(C)C. The maximum absolute atomic E-state index is 12.2. The van der Waals surface area contributed by atoms with E-state index in [-0.39, 0.29) is 30.8 Å². The van der Waals surface area contributed by atoms with Crippen LogP contribution in [0.3, 0.4) is 0 Å². The van der Waals surface area contributed by atoms with E-state index in [1.54, 1.807) is 43.3 Å². The molecule has 0 saturated carbocycles. The summed E-state index contributed by atoms with van der Waals surface area (Å²) in [5.41, 5.74) is 0.873. The third kappa shape index (κ3) is 6.78. The lowest BCUT2D eigenvalue weighted by Crippen LogP contribution is -2.38. The molecule has 7 heteroatoms. The van der Waals surface area contributed by atoms with Crippen molar-refractivity contribution in [3.63, 3.8) is 0 Å². The van der Waals surface area contributed by atoms with Gasteiger partial charge in [-0.2, -0.15) is 0 Å². The van der Waals surface area contributed by atoms with Gasteiger partial charge in [-0.1, -0.05) is 26.0 Å². The Morgan fingerprint density at radius 2 is 1.71 bits per heavy atom. The van der Waals surface area contributed by atoms with E-state index in [2.05, 4.69) is 16.0 Å². The first-order valence-electron chi connectivity index (χ1n) is 7.89. The van der Waals surface area contributed by atoms with Crippen LogP contribution in [0.15, 0.2) is 24.3 Å². The number of nitrogens with zero attached hydrogens (tertiary/aromatic N) is 1. The van der Waals surface area contributed by atoms with E-state index in [1.807, 2.05) is 13.8 Å². The van der Waals surface area contributed by atoms with Crippen LogP contribution in [-0.2, 0) is 9.59 Å². The van der Waals surface area contributed by atoms with E-state index in [9.17, 15) is 14.4 Å². The average Bonchev–Trinajstić information content (AvgIpc) is 2.52. The standard InChI is InChI=1S/C17H26N4O3/c1-12(2)9-19-17(24)13-7-5-6-8-14(13)20-16(23)11-21(4)10-15(22)18-3/h5-8,12H,9-11H2,1-4H3,(H,18,22)(H,19,24)(H,20,23). The third-order valence-electron chi connectivity index (χ3n) is 3.22. The monoisotopic (exact) mass is 334 g/mol.